The van der Waals surface area contributed by atoms with Gasteiger partial charge in [-0.05, 0) is 65.0 Å². The molecule has 0 aliphatic rings. The van der Waals surface area contributed by atoms with Crippen molar-refractivity contribution in [1.29, 1.82) is 0 Å². The van der Waals surface area contributed by atoms with Crippen molar-refractivity contribution >= 4 is 22.9 Å². The van der Waals surface area contributed by atoms with Crippen molar-refractivity contribution < 1.29 is 0 Å². The first-order chi connectivity index (χ1) is 15.9. The van der Waals surface area contributed by atoms with E-state index in [4.69, 9.17) is 10.7 Å². The molecule has 4 N–H and O–H groups in total. The zero-order valence-electron chi connectivity index (χ0n) is 20.8. The molecule has 3 aromatic rings. The topological polar surface area (TPSA) is 93.7 Å². The van der Waals surface area contributed by atoms with Gasteiger partial charge in [0.15, 0.2) is 11.5 Å². The van der Waals surface area contributed by atoms with Gasteiger partial charge >= 0.3 is 0 Å². The summed E-state index contributed by atoms with van der Waals surface area (Å²) < 4.78 is 2.32. The molecule has 0 spiro atoms. The summed E-state index contributed by atoms with van der Waals surface area (Å²) in [5.74, 6) is 2.16. The van der Waals surface area contributed by atoms with E-state index >= 15 is 0 Å². The van der Waals surface area contributed by atoms with Crippen LogP contribution in [-0.2, 0) is 19.4 Å². The fourth-order valence-corrected chi connectivity index (χ4v) is 3.99. The zero-order chi connectivity index (χ0) is 23.7. The van der Waals surface area contributed by atoms with E-state index in [1.807, 2.05) is 0 Å². The van der Waals surface area contributed by atoms with Gasteiger partial charge in [-0.2, -0.15) is 9.97 Å². The summed E-state index contributed by atoms with van der Waals surface area (Å²) in [4.78, 5) is 13.9. The lowest BCUT2D eigenvalue weighted by molar-refractivity contribution is 0.418. The maximum Gasteiger partial charge on any atom is 0.224 e. The molecule has 0 amide bonds. The minimum absolute atomic E-state index is 0.150. The number of imidazole rings is 1. The summed E-state index contributed by atoms with van der Waals surface area (Å²) in [5.41, 5.74) is 9.22. The van der Waals surface area contributed by atoms with Gasteiger partial charge in [-0.1, -0.05) is 43.7 Å². The van der Waals surface area contributed by atoms with Crippen LogP contribution >= 0.6 is 0 Å². The van der Waals surface area contributed by atoms with Crippen LogP contribution in [0.25, 0.3) is 11.2 Å². The van der Waals surface area contributed by atoms with Crippen LogP contribution in [-0.4, -0.2) is 38.1 Å². The quantitative estimate of drug-likeness (QED) is 0.318. The van der Waals surface area contributed by atoms with Gasteiger partial charge in [-0.25, -0.2) is 4.98 Å². The Morgan fingerprint density at radius 2 is 1.70 bits per heavy atom. The Hall–Kier alpha value is -2.67. The number of benzene rings is 1. The molecule has 0 radical (unpaired) electrons. The first-order valence-electron chi connectivity index (χ1n) is 12.4. The number of unbranched alkanes of at least 4 members (excludes halogenated alkanes) is 2. The monoisotopic (exact) mass is 451 g/mol. The predicted molar refractivity (Wildman–Crippen MR) is 139 cm³/mol. The number of anilines is 2. The number of fused-ring (bicyclic) bond motifs is 1. The molecule has 0 saturated carbocycles. The van der Waals surface area contributed by atoms with E-state index in [1.165, 1.54) is 5.56 Å². The van der Waals surface area contributed by atoms with Gasteiger partial charge < -0.3 is 20.9 Å². The second kappa shape index (κ2) is 12.0. The molecule has 0 atom stereocenters. The van der Waals surface area contributed by atoms with Crippen LogP contribution in [0.1, 0.15) is 71.2 Å². The van der Waals surface area contributed by atoms with E-state index in [2.05, 4.69) is 83.2 Å². The number of rotatable bonds is 13. The van der Waals surface area contributed by atoms with E-state index in [1.54, 1.807) is 0 Å². The molecule has 1 aromatic carbocycles. The van der Waals surface area contributed by atoms with Crippen molar-refractivity contribution in [3.05, 3.63) is 41.7 Å². The van der Waals surface area contributed by atoms with E-state index in [0.717, 1.165) is 81.7 Å². The van der Waals surface area contributed by atoms with Crippen molar-refractivity contribution in [2.45, 2.75) is 84.7 Å². The number of aryl methyl sites for hydroxylation is 3. The molecule has 3 rings (SSSR count). The highest BCUT2D eigenvalue weighted by Gasteiger charge is 2.17. The molecule has 7 heteroatoms. The van der Waals surface area contributed by atoms with Gasteiger partial charge in [-0.3, -0.25) is 0 Å². The van der Waals surface area contributed by atoms with Crippen LogP contribution in [0.2, 0.25) is 0 Å². The molecule has 180 valence electrons. The minimum atomic E-state index is 0.150. The summed E-state index contributed by atoms with van der Waals surface area (Å²) in [6, 6.07) is 10.7. The average Bonchev–Trinajstić information content (AvgIpc) is 3.10. The largest absolute Gasteiger partial charge is 0.368 e. The second-order valence-corrected chi connectivity index (χ2v) is 9.79. The lowest BCUT2D eigenvalue weighted by Gasteiger charge is -2.20. The Morgan fingerprint density at radius 1 is 0.909 bits per heavy atom. The molecule has 0 bridgehead atoms. The van der Waals surface area contributed by atoms with Gasteiger partial charge in [0.05, 0.1) is 0 Å². The number of hydrogen-bond acceptors (Lipinski definition) is 6. The van der Waals surface area contributed by atoms with E-state index < -0.39 is 0 Å². The van der Waals surface area contributed by atoms with Gasteiger partial charge in [-0.15, -0.1) is 0 Å². The zero-order valence-corrected chi connectivity index (χ0v) is 20.8. The molecule has 2 aromatic heterocycles. The van der Waals surface area contributed by atoms with Gasteiger partial charge in [0.25, 0.3) is 0 Å². The molecule has 0 aliphatic carbocycles. The van der Waals surface area contributed by atoms with Crippen molar-refractivity contribution in [2.24, 2.45) is 0 Å². The van der Waals surface area contributed by atoms with Gasteiger partial charge in [0.2, 0.25) is 5.95 Å². The summed E-state index contributed by atoms with van der Waals surface area (Å²) in [5, 5.41) is 7.05. The average molecular weight is 452 g/mol. The van der Waals surface area contributed by atoms with E-state index in [-0.39, 0.29) is 11.5 Å². The number of nitrogens with two attached hydrogens (primary N) is 1. The molecular weight excluding hydrogens is 410 g/mol. The number of nitrogens with zero attached hydrogens (tertiary/aromatic N) is 4. The molecule has 0 aliphatic heterocycles. The third kappa shape index (κ3) is 7.70. The lowest BCUT2D eigenvalue weighted by atomic mass is 10.1. The Bertz CT molecular complexity index is 989. The summed E-state index contributed by atoms with van der Waals surface area (Å²) in [6.45, 7) is 11.6. The predicted octanol–water partition coefficient (Wildman–Crippen LogP) is 4.96. The van der Waals surface area contributed by atoms with Crippen LogP contribution in [0.15, 0.2) is 30.3 Å². The van der Waals surface area contributed by atoms with Crippen molar-refractivity contribution in [3.8, 4) is 0 Å². The molecule has 0 unspecified atom stereocenters. The molecule has 7 nitrogen and oxygen atoms in total. The highest BCUT2D eigenvalue weighted by molar-refractivity contribution is 5.85. The third-order valence-corrected chi connectivity index (χ3v) is 5.69. The standard InChI is InChI=1S/C26H41N7/c1-5-6-17-28-23-22-24(32-25(27)31-23)30-21(16-10-11-18-29-26(2,3)4)33(22)19-12-15-20-13-8-7-9-14-20/h7-9,13-14,29H,5-6,10-12,15-19H2,1-4H3,(H3,27,28,31,32). The maximum atomic E-state index is 6.03. The van der Waals surface area contributed by atoms with Crippen molar-refractivity contribution in [1.82, 2.24) is 24.8 Å². The van der Waals surface area contributed by atoms with Crippen LogP contribution in [0.4, 0.5) is 11.8 Å². The molecule has 33 heavy (non-hydrogen) atoms. The molecular formula is C26H41N7. The van der Waals surface area contributed by atoms with Gasteiger partial charge in [0.1, 0.15) is 11.3 Å². The minimum Gasteiger partial charge on any atom is -0.368 e. The van der Waals surface area contributed by atoms with Crippen LogP contribution in [0.3, 0.4) is 0 Å². The Balaban J connectivity index is 1.79. The van der Waals surface area contributed by atoms with Crippen molar-refractivity contribution in [2.75, 3.05) is 24.1 Å². The van der Waals surface area contributed by atoms with Crippen LogP contribution in [0, 0.1) is 0 Å². The van der Waals surface area contributed by atoms with Crippen LogP contribution < -0.4 is 16.4 Å². The van der Waals surface area contributed by atoms with Crippen LogP contribution in [0.5, 0.6) is 0 Å². The van der Waals surface area contributed by atoms with Crippen molar-refractivity contribution in [3.63, 3.8) is 0 Å². The number of nitrogens with one attached hydrogen (secondary N) is 2. The maximum absolute atomic E-state index is 6.03. The number of nitrogen functional groups attached to an aromatic ring is 1. The second-order valence-electron chi connectivity index (χ2n) is 9.79. The fourth-order valence-electron chi connectivity index (χ4n) is 3.99. The Kier molecular flexibility index (Phi) is 9.06. The van der Waals surface area contributed by atoms with Gasteiger partial charge in [0, 0.05) is 25.0 Å². The first kappa shape index (κ1) is 25.0. The first-order valence-corrected chi connectivity index (χ1v) is 12.4. The Labute approximate surface area is 198 Å². The summed E-state index contributed by atoms with van der Waals surface area (Å²) in [7, 11) is 0. The van der Waals surface area contributed by atoms with E-state index in [0.29, 0.717) is 5.65 Å². The van der Waals surface area contributed by atoms with E-state index in [9.17, 15) is 0 Å². The summed E-state index contributed by atoms with van der Waals surface area (Å²) >= 11 is 0. The highest BCUT2D eigenvalue weighted by atomic mass is 15.2. The SMILES string of the molecule is CCCCNc1nc(N)nc2nc(CCCCNC(C)(C)C)n(CCCc3ccccc3)c12. The molecule has 0 fully saturated rings. The fraction of sp³-hybridized carbons (Fsp3) is 0.577. The summed E-state index contributed by atoms with van der Waals surface area (Å²) in [6.07, 6.45) is 7.38. The number of hydrogen-bond donors (Lipinski definition) is 3. The lowest BCUT2D eigenvalue weighted by Crippen LogP contribution is -2.36. The normalized spacial score (nSPS) is 11.9. The Morgan fingerprint density at radius 3 is 2.42 bits per heavy atom. The molecule has 0 saturated heterocycles. The highest BCUT2D eigenvalue weighted by Crippen LogP contribution is 2.25. The smallest absolute Gasteiger partial charge is 0.224 e. The third-order valence-electron chi connectivity index (χ3n) is 5.69. The number of aromatic nitrogens is 4. The molecule has 2 heterocycles.